The Kier molecular flexibility index (Phi) is 4.82. The van der Waals surface area contributed by atoms with Gasteiger partial charge >= 0.3 is 0 Å². The molecule has 0 radical (unpaired) electrons. The zero-order chi connectivity index (χ0) is 19.1. The monoisotopic (exact) mass is 385 g/mol. The maximum atomic E-state index is 12.6. The molecule has 1 aromatic heterocycles. The van der Waals surface area contributed by atoms with Gasteiger partial charge in [0, 0.05) is 47.9 Å². The number of carbonyl (C=O) groups excluding carboxylic acids is 1. The van der Waals surface area contributed by atoms with Gasteiger partial charge in [0.15, 0.2) is 0 Å². The molecule has 2 aliphatic rings. The highest BCUT2D eigenvalue weighted by Gasteiger charge is 2.37. The Balaban J connectivity index is 1.73. The van der Waals surface area contributed by atoms with E-state index in [2.05, 4.69) is 0 Å². The number of amides is 1. The van der Waals surface area contributed by atoms with Gasteiger partial charge in [0.25, 0.3) is 5.56 Å². The second kappa shape index (κ2) is 7.13. The third-order valence-electron chi connectivity index (χ3n) is 5.55. The molecule has 1 amide bonds. The van der Waals surface area contributed by atoms with Crippen LogP contribution in [-0.2, 0) is 11.3 Å². The molecule has 4 rings (SSSR count). The number of aromatic nitrogens is 1. The van der Waals surface area contributed by atoms with Crippen LogP contribution in [0, 0.1) is 5.92 Å². The zero-order valence-electron chi connectivity index (χ0n) is 15.7. The number of likely N-dealkylation sites (N-methyl/N-ethyl adjacent to an activating group) is 1. The summed E-state index contributed by atoms with van der Waals surface area (Å²) in [6, 6.07) is 11.3. The van der Waals surface area contributed by atoms with Crippen molar-refractivity contribution in [3.63, 3.8) is 0 Å². The fourth-order valence-electron chi connectivity index (χ4n) is 4.46. The van der Waals surface area contributed by atoms with Crippen molar-refractivity contribution in [3.8, 4) is 11.1 Å². The maximum Gasteiger partial charge on any atom is 0.250 e. The Hall–Kier alpha value is -2.11. The molecule has 1 saturated heterocycles. The van der Waals surface area contributed by atoms with E-state index in [1.54, 1.807) is 6.07 Å². The molecular formula is C21H24ClN3O2. The number of piperidine rings is 1. The molecule has 2 atom stereocenters. The number of pyridine rings is 1. The number of halogens is 1. The summed E-state index contributed by atoms with van der Waals surface area (Å²) < 4.78 is 1.93. The van der Waals surface area contributed by atoms with Crippen LogP contribution in [0.3, 0.4) is 0 Å². The first-order chi connectivity index (χ1) is 12.9. The molecule has 5 nitrogen and oxygen atoms in total. The largest absolute Gasteiger partial charge is 0.341 e. The first kappa shape index (κ1) is 18.3. The highest BCUT2D eigenvalue weighted by molar-refractivity contribution is 6.30. The van der Waals surface area contributed by atoms with Crippen molar-refractivity contribution in [2.24, 2.45) is 5.92 Å². The van der Waals surface area contributed by atoms with Crippen LogP contribution in [0.1, 0.15) is 18.0 Å². The maximum absolute atomic E-state index is 12.6. The van der Waals surface area contributed by atoms with Crippen LogP contribution in [0.25, 0.3) is 11.1 Å². The van der Waals surface area contributed by atoms with Crippen molar-refractivity contribution in [3.05, 3.63) is 57.5 Å². The quantitative estimate of drug-likeness (QED) is 0.816. The average molecular weight is 386 g/mol. The Labute approximate surface area is 164 Å². The number of rotatable bonds is 3. The minimum Gasteiger partial charge on any atom is -0.341 e. The van der Waals surface area contributed by atoms with E-state index in [0.717, 1.165) is 29.8 Å². The van der Waals surface area contributed by atoms with Crippen LogP contribution >= 0.6 is 11.6 Å². The predicted molar refractivity (Wildman–Crippen MR) is 107 cm³/mol. The van der Waals surface area contributed by atoms with E-state index < -0.39 is 0 Å². The molecule has 6 heteroatoms. The third-order valence-corrected chi connectivity index (χ3v) is 5.80. The van der Waals surface area contributed by atoms with Gasteiger partial charge < -0.3 is 14.4 Å². The highest BCUT2D eigenvalue weighted by atomic mass is 35.5. The molecule has 0 N–H and O–H groups in total. The predicted octanol–water partition coefficient (Wildman–Crippen LogP) is 2.68. The van der Waals surface area contributed by atoms with Gasteiger partial charge in [-0.3, -0.25) is 9.59 Å². The van der Waals surface area contributed by atoms with Gasteiger partial charge in [-0.25, -0.2) is 0 Å². The van der Waals surface area contributed by atoms with Gasteiger partial charge in [0.05, 0.1) is 6.54 Å². The minimum atomic E-state index is 0.0467. The number of nitrogens with zero attached hydrogens (tertiary/aromatic N) is 3. The first-order valence-electron chi connectivity index (χ1n) is 9.34. The Morgan fingerprint density at radius 1 is 1.11 bits per heavy atom. The molecule has 27 heavy (non-hydrogen) atoms. The summed E-state index contributed by atoms with van der Waals surface area (Å²) in [4.78, 5) is 29.0. The number of carbonyl (C=O) groups is 1. The summed E-state index contributed by atoms with van der Waals surface area (Å²) in [5.74, 6) is 0.679. The van der Waals surface area contributed by atoms with Crippen molar-refractivity contribution in [1.29, 1.82) is 0 Å². The Morgan fingerprint density at radius 2 is 1.85 bits per heavy atom. The van der Waals surface area contributed by atoms with E-state index in [-0.39, 0.29) is 17.4 Å². The molecule has 0 unspecified atom stereocenters. The minimum absolute atomic E-state index is 0.0467. The molecule has 1 fully saturated rings. The van der Waals surface area contributed by atoms with E-state index in [0.29, 0.717) is 30.6 Å². The number of likely N-dealkylation sites (tertiary alicyclic amines) is 1. The third kappa shape index (κ3) is 3.54. The fourth-order valence-corrected chi connectivity index (χ4v) is 4.59. The summed E-state index contributed by atoms with van der Waals surface area (Å²) in [5.41, 5.74) is 3.23. The van der Waals surface area contributed by atoms with Crippen LogP contribution in [0.5, 0.6) is 0 Å². The van der Waals surface area contributed by atoms with E-state index in [1.807, 2.05) is 58.8 Å². The Bertz CT molecular complexity index is 920. The molecular weight excluding hydrogens is 362 g/mol. The van der Waals surface area contributed by atoms with Crippen LogP contribution in [0.2, 0.25) is 5.02 Å². The number of fused-ring (bicyclic) bond motifs is 4. The van der Waals surface area contributed by atoms with E-state index in [9.17, 15) is 9.59 Å². The molecule has 3 heterocycles. The lowest BCUT2D eigenvalue weighted by atomic mass is 9.80. The number of hydrogen-bond acceptors (Lipinski definition) is 3. The topological polar surface area (TPSA) is 45.6 Å². The lowest BCUT2D eigenvalue weighted by molar-refractivity contribution is -0.134. The first-order valence-corrected chi connectivity index (χ1v) is 9.72. The van der Waals surface area contributed by atoms with Crippen molar-refractivity contribution >= 4 is 17.5 Å². The molecule has 2 aliphatic heterocycles. The molecule has 0 saturated carbocycles. The molecule has 2 bridgehead atoms. The lowest BCUT2D eigenvalue weighted by Gasteiger charge is -2.43. The summed E-state index contributed by atoms with van der Waals surface area (Å²) in [6.45, 7) is 2.51. The van der Waals surface area contributed by atoms with E-state index in [1.165, 1.54) is 0 Å². The normalized spacial score (nSPS) is 21.3. The van der Waals surface area contributed by atoms with Gasteiger partial charge in [-0.2, -0.15) is 0 Å². The molecule has 0 aliphatic carbocycles. The summed E-state index contributed by atoms with van der Waals surface area (Å²) in [5, 5.41) is 0.693. The lowest BCUT2D eigenvalue weighted by Crippen LogP contribution is -2.51. The van der Waals surface area contributed by atoms with Crippen molar-refractivity contribution in [2.75, 3.05) is 33.7 Å². The molecule has 1 aromatic carbocycles. The molecule has 142 valence electrons. The number of hydrogen-bond donors (Lipinski definition) is 0. The second-order valence-corrected chi connectivity index (χ2v) is 8.36. The average Bonchev–Trinajstić information content (AvgIpc) is 2.63. The van der Waals surface area contributed by atoms with Gasteiger partial charge in [0.2, 0.25) is 5.91 Å². The zero-order valence-corrected chi connectivity index (χ0v) is 16.4. The van der Waals surface area contributed by atoms with Crippen LogP contribution in [-0.4, -0.2) is 54.0 Å². The summed E-state index contributed by atoms with van der Waals surface area (Å²) >= 11 is 6.04. The van der Waals surface area contributed by atoms with Crippen molar-refractivity contribution in [1.82, 2.24) is 14.4 Å². The van der Waals surface area contributed by atoms with Crippen LogP contribution in [0.4, 0.5) is 0 Å². The number of benzene rings is 1. The van der Waals surface area contributed by atoms with Crippen LogP contribution in [0.15, 0.2) is 41.2 Å². The molecule has 0 spiro atoms. The summed E-state index contributed by atoms with van der Waals surface area (Å²) in [6.07, 6.45) is 1.02. The van der Waals surface area contributed by atoms with E-state index in [4.69, 9.17) is 11.6 Å². The van der Waals surface area contributed by atoms with E-state index >= 15 is 0 Å². The smallest absolute Gasteiger partial charge is 0.250 e. The van der Waals surface area contributed by atoms with Gasteiger partial charge in [-0.15, -0.1) is 0 Å². The van der Waals surface area contributed by atoms with Crippen molar-refractivity contribution < 1.29 is 4.79 Å². The second-order valence-electron chi connectivity index (χ2n) is 7.92. The van der Waals surface area contributed by atoms with Gasteiger partial charge in [-0.05, 0) is 50.2 Å². The standard InChI is InChI=1S/C21H24ClN3O2/c1-23(2)13-20(27)24-10-14-9-16(12-24)21-18(7-8-19(26)25(21)11-14)15-3-5-17(22)6-4-15/h3-8,14,16H,9-13H2,1-2H3/t14-,16+/m0/s1. The SMILES string of the molecule is CN(C)CC(=O)N1C[C@@H]2C[C@H](C1)c1c(-c3ccc(Cl)cc3)ccc(=O)n1C2. The highest BCUT2D eigenvalue weighted by Crippen LogP contribution is 2.40. The van der Waals surface area contributed by atoms with Crippen LogP contribution < -0.4 is 5.56 Å². The van der Waals surface area contributed by atoms with Gasteiger partial charge in [0.1, 0.15) is 0 Å². The molecule has 2 aromatic rings. The van der Waals surface area contributed by atoms with Gasteiger partial charge in [-0.1, -0.05) is 23.7 Å². The summed E-state index contributed by atoms with van der Waals surface area (Å²) in [7, 11) is 3.83. The van der Waals surface area contributed by atoms with Crippen molar-refractivity contribution in [2.45, 2.75) is 18.9 Å². The Morgan fingerprint density at radius 3 is 2.56 bits per heavy atom. The fraction of sp³-hybridized carbons (Fsp3) is 0.429.